The second kappa shape index (κ2) is 7.57. The first-order valence-corrected chi connectivity index (χ1v) is 7.34. The zero-order valence-electron chi connectivity index (χ0n) is 12.2. The van der Waals surface area contributed by atoms with Crippen LogP contribution < -0.4 is 5.32 Å². The summed E-state index contributed by atoms with van der Waals surface area (Å²) in [7, 11) is 0. The monoisotopic (exact) mass is 313 g/mol. The predicted octanol–water partition coefficient (Wildman–Crippen LogP) is 4.58. The van der Waals surface area contributed by atoms with E-state index in [-0.39, 0.29) is 11.7 Å². The van der Waals surface area contributed by atoms with Crippen LogP contribution in [0.2, 0.25) is 5.02 Å². The van der Waals surface area contributed by atoms with Crippen molar-refractivity contribution < 1.29 is 9.59 Å². The Bertz CT molecular complexity index is 705. The lowest BCUT2D eigenvalue weighted by atomic mass is 10.1. The van der Waals surface area contributed by atoms with Crippen LogP contribution in [0.25, 0.3) is 6.08 Å². The minimum Gasteiger partial charge on any atom is -0.326 e. The number of carbonyl (C=O) groups is 2. The summed E-state index contributed by atoms with van der Waals surface area (Å²) in [6, 6.07) is 14.1. The van der Waals surface area contributed by atoms with Gasteiger partial charge in [0.2, 0.25) is 5.91 Å². The molecule has 0 aliphatic carbocycles. The molecule has 112 valence electrons. The van der Waals surface area contributed by atoms with Gasteiger partial charge in [-0.1, -0.05) is 48.9 Å². The van der Waals surface area contributed by atoms with Gasteiger partial charge in [0.15, 0.2) is 5.78 Å². The molecule has 0 atom stereocenters. The van der Waals surface area contributed by atoms with Crippen molar-refractivity contribution >= 4 is 35.1 Å². The molecule has 4 heteroatoms. The summed E-state index contributed by atoms with van der Waals surface area (Å²) in [6.45, 7) is 1.78. The minimum atomic E-state index is -0.123. The van der Waals surface area contributed by atoms with Gasteiger partial charge < -0.3 is 5.32 Å². The Labute approximate surface area is 134 Å². The number of allylic oxidation sites excluding steroid dienone is 1. The van der Waals surface area contributed by atoms with Crippen molar-refractivity contribution in [3.63, 3.8) is 0 Å². The fourth-order valence-corrected chi connectivity index (χ4v) is 1.97. The summed E-state index contributed by atoms with van der Waals surface area (Å²) in [5.41, 5.74) is 2.05. The van der Waals surface area contributed by atoms with Crippen molar-refractivity contribution in [2.75, 3.05) is 5.32 Å². The molecule has 0 unspecified atom stereocenters. The molecule has 3 nitrogen and oxygen atoms in total. The third-order valence-electron chi connectivity index (χ3n) is 3.05. The molecule has 2 rings (SSSR count). The minimum absolute atomic E-state index is 0.0821. The van der Waals surface area contributed by atoms with E-state index >= 15 is 0 Å². The number of ketones is 1. The molecule has 0 heterocycles. The van der Waals surface area contributed by atoms with Crippen molar-refractivity contribution in [2.24, 2.45) is 0 Å². The number of benzene rings is 2. The van der Waals surface area contributed by atoms with Gasteiger partial charge in [-0.05, 0) is 35.9 Å². The van der Waals surface area contributed by atoms with Crippen LogP contribution in [0.5, 0.6) is 0 Å². The normalized spacial score (nSPS) is 10.6. The molecule has 1 N–H and O–H groups in total. The number of rotatable bonds is 5. The molecule has 0 aliphatic rings. The van der Waals surface area contributed by atoms with Crippen LogP contribution in [-0.2, 0) is 4.79 Å². The number of carbonyl (C=O) groups excluding carboxylic acids is 2. The van der Waals surface area contributed by atoms with Gasteiger partial charge in [0.25, 0.3) is 0 Å². The highest BCUT2D eigenvalue weighted by atomic mass is 35.5. The maximum absolute atomic E-state index is 12.2. The highest BCUT2D eigenvalue weighted by Crippen LogP contribution is 2.14. The van der Waals surface area contributed by atoms with Gasteiger partial charge in [-0.15, -0.1) is 0 Å². The molecule has 0 spiro atoms. The first kappa shape index (κ1) is 16.0. The van der Waals surface area contributed by atoms with Gasteiger partial charge in [0.1, 0.15) is 0 Å². The van der Waals surface area contributed by atoms with Crippen LogP contribution >= 0.6 is 11.6 Å². The van der Waals surface area contributed by atoms with E-state index in [4.69, 9.17) is 11.6 Å². The second-order valence-electron chi connectivity index (χ2n) is 4.73. The third-order valence-corrected chi connectivity index (χ3v) is 3.30. The summed E-state index contributed by atoms with van der Waals surface area (Å²) >= 11 is 5.82. The molecule has 0 saturated heterocycles. The van der Waals surface area contributed by atoms with E-state index in [0.717, 1.165) is 5.56 Å². The lowest BCUT2D eigenvalue weighted by Crippen LogP contribution is -2.09. The fraction of sp³-hybridized carbons (Fsp3) is 0.111. The largest absolute Gasteiger partial charge is 0.326 e. The van der Waals surface area contributed by atoms with Gasteiger partial charge in [-0.3, -0.25) is 9.59 Å². The molecular formula is C18H16ClNO2. The fourth-order valence-electron chi connectivity index (χ4n) is 1.84. The number of anilines is 1. The van der Waals surface area contributed by atoms with Gasteiger partial charge in [0.05, 0.1) is 0 Å². The van der Waals surface area contributed by atoms with Crippen LogP contribution in [0.3, 0.4) is 0 Å². The standard InChI is InChI=1S/C18H16ClNO2/c1-2-18(22)20-16-5-3-4-14(12-16)17(21)11-8-13-6-9-15(19)10-7-13/h3-12H,2H2,1H3,(H,20,22)/b11-8-. The Morgan fingerprint density at radius 1 is 1.14 bits per heavy atom. The number of hydrogen-bond acceptors (Lipinski definition) is 2. The smallest absolute Gasteiger partial charge is 0.224 e. The van der Waals surface area contributed by atoms with Crippen LogP contribution in [0.15, 0.2) is 54.6 Å². The van der Waals surface area contributed by atoms with E-state index in [1.165, 1.54) is 6.08 Å². The Balaban J connectivity index is 2.10. The summed E-state index contributed by atoms with van der Waals surface area (Å²) in [6.07, 6.45) is 3.63. The molecule has 22 heavy (non-hydrogen) atoms. The van der Waals surface area contributed by atoms with Crippen LogP contribution in [0, 0.1) is 0 Å². The first-order chi connectivity index (χ1) is 10.6. The Morgan fingerprint density at radius 3 is 2.55 bits per heavy atom. The maximum Gasteiger partial charge on any atom is 0.224 e. The van der Waals surface area contributed by atoms with E-state index < -0.39 is 0 Å². The van der Waals surface area contributed by atoms with Crippen LogP contribution in [-0.4, -0.2) is 11.7 Å². The molecule has 0 aromatic heterocycles. The van der Waals surface area contributed by atoms with Crippen molar-refractivity contribution in [3.8, 4) is 0 Å². The van der Waals surface area contributed by atoms with Crippen molar-refractivity contribution in [3.05, 3.63) is 70.8 Å². The number of hydrogen-bond donors (Lipinski definition) is 1. The zero-order chi connectivity index (χ0) is 15.9. The molecule has 0 saturated carbocycles. The highest BCUT2D eigenvalue weighted by Gasteiger charge is 2.04. The maximum atomic E-state index is 12.2. The molecule has 2 aromatic rings. The SMILES string of the molecule is CCC(=O)Nc1cccc(C(=O)/C=C\c2ccc(Cl)cc2)c1. The van der Waals surface area contributed by atoms with Crippen molar-refractivity contribution in [2.45, 2.75) is 13.3 Å². The summed E-state index contributed by atoms with van der Waals surface area (Å²) in [5, 5.41) is 3.39. The Kier molecular flexibility index (Phi) is 5.50. The molecule has 0 aliphatic heterocycles. The van der Waals surface area contributed by atoms with Gasteiger partial charge in [-0.25, -0.2) is 0 Å². The number of amides is 1. The highest BCUT2D eigenvalue weighted by molar-refractivity contribution is 6.30. The van der Waals surface area contributed by atoms with E-state index in [0.29, 0.717) is 22.7 Å². The lowest BCUT2D eigenvalue weighted by Gasteiger charge is -2.04. The number of nitrogens with one attached hydrogen (secondary N) is 1. The average Bonchev–Trinajstić information content (AvgIpc) is 2.54. The van der Waals surface area contributed by atoms with Crippen LogP contribution in [0.1, 0.15) is 29.3 Å². The van der Waals surface area contributed by atoms with Crippen LogP contribution in [0.4, 0.5) is 5.69 Å². The summed E-state index contributed by atoms with van der Waals surface area (Å²) in [5.74, 6) is -0.205. The van der Waals surface area contributed by atoms with E-state index in [2.05, 4.69) is 5.32 Å². The van der Waals surface area contributed by atoms with Gasteiger partial charge >= 0.3 is 0 Å². The van der Waals surface area contributed by atoms with E-state index in [9.17, 15) is 9.59 Å². The molecule has 0 radical (unpaired) electrons. The quantitative estimate of drug-likeness (QED) is 0.648. The van der Waals surface area contributed by atoms with Gasteiger partial charge in [-0.2, -0.15) is 0 Å². The lowest BCUT2D eigenvalue weighted by molar-refractivity contribution is -0.115. The van der Waals surface area contributed by atoms with Crippen molar-refractivity contribution in [1.29, 1.82) is 0 Å². The Morgan fingerprint density at radius 2 is 1.86 bits per heavy atom. The van der Waals surface area contributed by atoms with E-state index in [1.807, 2.05) is 12.1 Å². The molecule has 1 amide bonds. The van der Waals surface area contributed by atoms with E-state index in [1.54, 1.807) is 49.4 Å². The Hall–Kier alpha value is -2.39. The molecular weight excluding hydrogens is 298 g/mol. The number of halogens is 1. The third kappa shape index (κ3) is 4.57. The summed E-state index contributed by atoms with van der Waals surface area (Å²) in [4.78, 5) is 23.5. The zero-order valence-corrected chi connectivity index (χ0v) is 12.9. The second-order valence-corrected chi connectivity index (χ2v) is 5.17. The molecule has 2 aromatic carbocycles. The summed E-state index contributed by atoms with van der Waals surface area (Å²) < 4.78 is 0. The topological polar surface area (TPSA) is 46.2 Å². The first-order valence-electron chi connectivity index (χ1n) is 6.96. The van der Waals surface area contributed by atoms with Gasteiger partial charge in [0, 0.05) is 22.7 Å². The molecule has 0 bridgehead atoms. The average molecular weight is 314 g/mol. The van der Waals surface area contributed by atoms with Crippen molar-refractivity contribution in [1.82, 2.24) is 0 Å². The molecule has 0 fully saturated rings. The predicted molar refractivity (Wildman–Crippen MR) is 90.2 cm³/mol.